The van der Waals surface area contributed by atoms with Crippen LogP contribution in [0, 0.1) is 0 Å². The van der Waals surface area contributed by atoms with Gasteiger partial charge < -0.3 is 14.6 Å². The first-order chi connectivity index (χ1) is 8.66. The van der Waals surface area contributed by atoms with Gasteiger partial charge in [-0.1, -0.05) is 12.1 Å². The van der Waals surface area contributed by atoms with Gasteiger partial charge in [-0.05, 0) is 26.0 Å². The van der Waals surface area contributed by atoms with Gasteiger partial charge in [-0.3, -0.25) is 0 Å². The molecule has 0 aliphatic rings. The van der Waals surface area contributed by atoms with Crippen molar-refractivity contribution in [2.45, 2.75) is 26.5 Å². The second-order valence-electron chi connectivity index (χ2n) is 4.47. The number of anilines is 1. The molecule has 0 amide bonds. The minimum Gasteiger partial charge on any atom is -0.489 e. The Kier molecular flexibility index (Phi) is 3.87. The number of rotatable bonds is 5. The molecule has 1 N–H and O–H groups in total. The number of hydrogen-bond donors (Lipinski definition) is 1. The summed E-state index contributed by atoms with van der Waals surface area (Å²) < 4.78 is 7.75. The van der Waals surface area contributed by atoms with Gasteiger partial charge in [0.2, 0.25) is 0 Å². The Balaban J connectivity index is 2.07. The molecule has 4 nitrogen and oxygen atoms in total. The maximum absolute atomic E-state index is 5.76. The average Bonchev–Trinajstić information content (AvgIpc) is 2.73. The monoisotopic (exact) mass is 245 g/mol. The van der Waals surface area contributed by atoms with Crippen LogP contribution >= 0.6 is 0 Å². The highest BCUT2D eigenvalue weighted by Crippen LogP contribution is 2.25. The summed E-state index contributed by atoms with van der Waals surface area (Å²) in [4.78, 5) is 4.28. The highest BCUT2D eigenvalue weighted by molar-refractivity contribution is 5.56. The molecule has 96 valence electrons. The van der Waals surface area contributed by atoms with Crippen LogP contribution in [0.5, 0.6) is 5.75 Å². The molecule has 0 spiro atoms. The highest BCUT2D eigenvalue weighted by Gasteiger charge is 2.05. The van der Waals surface area contributed by atoms with Gasteiger partial charge in [0.05, 0.1) is 18.3 Å². The van der Waals surface area contributed by atoms with Crippen molar-refractivity contribution in [2.75, 3.05) is 5.32 Å². The number of nitrogens with zero attached hydrogens (tertiary/aromatic N) is 2. The van der Waals surface area contributed by atoms with Crippen molar-refractivity contribution in [1.82, 2.24) is 9.55 Å². The smallest absolute Gasteiger partial charge is 0.142 e. The number of aromatic nitrogens is 2. The van der Waals surface area contributed by atoms with Crippen LogP contribution in [-0.4, -0.2) is 15.7 Å². The fourth-order valence-electron chi connectivity index (χ4n) is 1.71. The summed E-state index contributed by atoms with van der Waals surface area (Å²) in [6.45, 7) is 4.73. The lowest BCUT2D eigenvalue weighted by atomic mass is 10.3. The lowest BCUT2D eigenvalue weighted by Crippen LogP contribution is -2.10. The van der Waals surface area contributed by atoms with Gasteiger partial charge >= 0.3 is 0 Å². The lowest BCUT2D eigenvalue weighted by Gasteiger charge is -2.15. The summed E-state index contributed by atoms with van der Waals surface area (Å²) in [6.07, 6.45) is 3.90. The lowest BCUT2D eigenvalue weighted by molar-refractivity contribution is 0.243. The van der Waals surface area contributed by atoms with Crippen molar-refractivity contribution in [3.8, 4) is 5.75 Å². The Morgan fingerprint density at radius 1 is 1.33 bits per heavy atom. The van der Waals surface area contributed by atoms with Crippen LogP contribution in [0.4, 0.5) is 5.69 Å². The molecule has 18 heavy (non-hydrogen) atoms. The molecular weight excluding hydrogens is 226 g/mol. The van der Waals surface area contributed by atoms with E-state index in [0.29, 0.717) is 6.54 Å². The molecule has 0 atom stereocenters. The standard InChI is InChI=1S/C14H19N3O/c1-11(2)18-13-7-5-4-6-12(13)16-10-14-15-8-9-17(14)3/h4-9,11,16H,10H2,1-3H3. The van der Waals surface area contributed by atoms with Gasteiger partial charge in [0.1, 0.15) is 11.6 Å². The topological polar surface area (TPSA) is 39.1 Å². The predicted octanol–water partition coefficient (Wildman–Crippen LogP) is 2.82. The number of imidazole rings is 1. The van der Waals surface area contributed by atoms with E-state index in [4.69, 9.17) is 4.74 Å². The predicted molar refractivity (Wildman–Crippen MR) is 72.7 cm³/mol. The van der Waals surface area contributed by atoms with Crippen LogP contribution in [0.2, 0.25) is 0 Å². The molecule has 2 rings (SSSR count). The molecule has 0 aliphatic heterocycles. The second-order valence-corrected chi connectivity index (χ2v) is 4.47. The van der Waals surface area contributed by atoms with Crippen molar-refractivity contribution >= 4 is 5.69 Å². The van der Waals surface area contributed by atoms with Crippen molar-refractivity contribution < 1.29 is 4.74 Å². The summed E-state index contributed by atoms with van der Waals surface area (Å²) in [5.74, 6) is 1.87. The molecule has 0 bridgehead atoms. The van der Waals surface area contributed by atoms with E-state index < -0.39 is 0 Å². The Bertz CT molecular complexity index is 505. The molecule has 1 heterocycles. The molecule has 1 aromatic carbocycles. The number of hydrogen-bond acceptors (Lipinski definition) is 3. The zero-order valence-corrected chi connectivity index (χ0v) is 11.1. The Morgan fingerprint density at radius 3 is 2.78 bits per heavy atom. The van der Waals surface area contributed by atoms with E-state index in [-0.39, 0.29) is 6.10 Å². The normalized spacial score (nSPS) is 10.7. The first-order valence-electron chi connectivity index (χ1n) is 6.12. The quantitative estimate of drug-likeness (QED) is 0.880. The molecule has 4 heteroatoms. The van der Waals surface area contributed by atoms with E-state index in [2.05, 4.69) is 10.3 Å². The highest BCUT2D eigenvalue weighted by atomic mass is 16.5. The van der Waals surface area contributed by atoms with Gasteiger partial charge in [0.15, 0.2) is 0 Å². The Labute approximate surface area is 108 Å². The minimum atomic E-state index is 0.168. The summed E-state index contributed by atoms with van der Waals surface area (Å²) >= 11 is 0. The van der Waals surface area contributed by atoms with E-state index >= 15 is 0 Å². The first-order valence-corrected chi connectivity index (χ1v) is 6.12. The molecule has 1 aromatic heterocycles. The van der Waals surface area contributed by atoms with E-state index in [1.54, 1.807) is 6.20 Å². The molecule has 0 saturated heterocycles. The van der Waals surface area contributed by atoms with Crippen molar-refractivity contribution in [3.63, 3.8) is 0 Å². The van der Waals surface area contributed by atoms with Crippen LogP contribution in [-0.2, 0) is 13.6 Å². The summed E-state index contributed by atoms with van der Waals surface area (Å²) in [5, 5.41) is 3.35. The van der Waals surface area contributed by atoms with Crippen molar-refractivity contribution in [3.05, 3.63) is 42.5 Å². The minimum absolute atomic E-state index is 0.168. The van der Waals surface area contributed by atoms with Gasteiger partial charge in [0, 0.05) is 19.4 Å². The maximum Gasteiger partial charge on any atom is 0.142 e. The fourth-order valence-corrected chi connectivity index (χ4v) is 1.71. The third-order valence-electron chi connectivity index (χ3n) is 2.61. The molecule has 0 saturated carbocycles. The van der Waals surface area contributed by atoms with Crippen LogP contribution < -0.4 is 10.1 Å². The van der Waals surface area contributed by atoms with Crippen LogP contribution in [0.1, 0.15) is 19.7 Å². The number of ether oxygens (including phenoxy) is 1. The number of aryl methyl sites for hydroxylation is 1. The van der Waals surface area contributed by atoms with Gasteiger partial charge in [-0.2, -0.15) is 0 Å². The largest absolute Gasteiger partial charge is 0.489 e. The van der Waals surface area contributed by atoms with Gasteiger partial charge in [-0.25, -0.2) is 4.98 Å². The van der Waals surface area contributed by atoms with Gasteiger partial charge in [0.25, 0.3) is 0 Å². The molecule has 0 fully saturated rings. The number of benzene rings is 1. The van der Waals surface area contributed by atoms with Crippen LogP contribution in [0.25, 0.3) is 0 Å². The summed E-state index contributed by atoms with van der Waals surface area (Å²) in [7, 11) is 1.99. The second kappa shape index (κ2) is 5.58. The van der Waals surface area contributed by atoms with E-state index in [1.165, 1.54) is 0 Å². The maximum atomic E-state index is 5.76. The van der Waals surface area contributed by atoms with E-state index in [9.17, 15) is 0 Å². The van der Waals surface area contributed by atoms with E-state index in [0.717, 1.165) is 17.3 Å². The van der Waals surface area contributed by atoms with Crippen molar-refractivity contribution in [2.24, 2.45) is 7.05 Å². The summed E-state index contributed by atoms with van der Waals surface area (Å²) in [6, 6.07) is 7.96. The molecule has 2 aromatic rings. The van der Waals surface area contributed by atoms with Crippen LogP contribution in [0.3, 0.4) is 0 Å². The molecule has 0 radical (unpaired) electrons. The third-order valence-corrected chi connectivity index (χ3v) is 2.61. The van der Waals surface area contributed by atoms with Crippen LogP contribution in [0.15, 0.2) is 36.7 Å². The number of nitrogens with one attached hydrogen (secondary N) is 1. The fraction of sp³-hybridized carbons (Fsp3) is 0.357. The molecular formula is C14H19N3O. The SMILES string of the molecule is CC(C)Oc1ccccc1NCc1nccn1C. The molecule has 0 unspecified atom stereocenters. The Morgan fingerprint density at radius 2 is 2.11 bits per heavy atom. The number of para-hydroxylation sites is 2. The zero-order chi connectivity index (χ0) is 13.0. The first kappa shape index (κ1) is 12.5. The average molecular weight is 245 g/mol. The van der Waals surface area contributed by atoms with Gasteiger partial charge in [-0.15, -0.1) is 0 Å². The summed E-state index contributed by atoms with van der Waals surface area (Å²) in [5.41, 5.74) is 0.995. The van der Waals surface area contributed by atoms with E-state index in [1.807, 2.05) is 55.9 Å². The Hall–Kier alpha value is -1.97. The third kappa shape index (κ3) is 3.03. The molecule has 0 aliphatic carbocycles. The van der Waals surface area contributed by atoms with Crippen molar-refractivity contribution in [1.29, 1.82) is 0 Å². The zero-order valence-electron chi connectivity index (χ0n) is 11.1.